The highest BCUT2D eigenvalue weighted by molar-refractivity contribution is 5.56. The number of benzene rings is 2. The highest BCUT2D eigenvalue weighted by Crippen LogP contribution is 2.23. The van der Waals surface area contributed by atoms with Crippen LogP contribution < -0.4 is 4.74 Å². The van der Waals surface area contributed by atoms with Crippen LogP contribution in [0.2, 0.25) is 0 Å². The van der Waals surface area contributed by atoms with Gasteiger partial charge in [0, 0.05) is 0 Å². The SMILES string of the molecule is C/C(=C/c1cccc(Oc2ccccc2)c1)C(O)C#N. The average molecular weight is 265 g/mol. The average Bonchev–Trinajstić information content (AvgIpc) is 2.47. The third-order valence-electron chi connectivity index (χ3n) is 2.78. The van der Waals surface area contributed by atoms with Crippen LogP contribution in [0.3, 0.4) is 0 Å². The van der Waals surface area contributed by atoms with Gasteiger partial charge < -0.3 is 9.84 Å². The van der Waals surface area contributed by atoms with Crippen molar-refractivity contribution in [3.05, 3.63) is 65.7 Å². The Labute approximate surface area is 118 Å². The molecule has 0 fully saturated rings. The molecule has 0 aliphatic rings. The van der Waals surface area contributed by atoms with Crippen molar-refractivity contribution < 1.29 is 9.84 Å². The van der Waals surface area contributed by atoms with Gasteiger partial charge >= 0.3 is 0 Å². The molecule has 0 aliphatic carbocycles. The number of nitriles is 1. The van der Waals surface area contributed by atoms with E-state index in [2.05, 4.69) is 0 Å². The monoisotopic (exact) mass is 265 g/mol. The van der Waals surface area contributed by atoms with Gasteiger partial charge in [-0.05, 0) is 42.3 Å². The molecule has 0 aliphatic heterocycles. The van der Waals surface area contributed by atoms with Crippen LogP contribution in [0.25, 0.3) is 6.08 Å². The van der Waals surface area contributed by atoms with Crippen molar-refractivity contribution in [1.29, 1.82) is 5.26 Å². The minimum atomic E-state index is -1.08. The molecule has 0 spiro atoms. The van der Waals surface area contributed by atoms with E-state index in [-0.39, 0.29) is 0 Å². The van der Waals surface area contributed by atoms with E-state index in [0.29, 0.717) is 11.3 Å². The molecule has 0 saturated carbocycles. The van der Waals surface area contributed by atoms with Crippen LogP contribution >= 0.6 is 0 Å². The summed E-state index contributed by atoms with van der Waals surface area (Å²) >= 11 is 0. The van der Waals surface area contributed by atoms with Crippen molar-refractivity contribution in [3.63, 3.8) is 0 Å². The Morgan fingerprint density at radius 3 is 2.55 bits per heavy atom. The molecule has 2 rings (SSSR count). The topological polar surface area (TPSA) is 53.2 Å². The molecule has 2 aromatic carbocycles. The van der Waals surface area contributed by atoms with Crippen molar-refractivity contribution in [2.24, 2.45) is 0 Å². The molecule has 20 heavy (non-hydrogen) atoms. The van der Waals surface area contributed by atoms with Crippen LogP contribution in [0, 0.1) is 11.3 Å². The Morgan fingerprint density at radius 2 is 1.85 bits per heavy atom. The van der Waals surface area contributed by atoms with E-state index in [1.807, 2.05) is 54.6 Å². The fourth-order valence-corrected chi connectivity index (χ4v) is 1.74. The molecule has 2 aromatic rings. The van der Waals surface area contributed by atoms with Gasteiger partial charge in [0.2, 0.25) is 0 Å². The second-order valence-corrected chi connectivity index (χ2v) is 4.41. The third kappa shape index (κ3) is 3.71. The molecule has 0 radical (unpaired) electrons. The smallest absolute Gasteiger partial charge is 0.161 e. The van der Waals surface area contributed by atoms with Crippen LogP contribution in [-0.2, 0) is 0 Å². The summed E-state index contributed by atoms with van der Waals surface area (Å²) in [6.07, 6.45) is 0.694. The standard InChI is InChI=1S/C17H15NO2/c1-13(17(19)12-18)10-14-6-5-9-16(11-14)20-15-7-3-2-4-8-15/h2-11,17,19H,1H3/b13-10-. The van der Waals surface area contributed by atoms with Crippen LogP contribution in [0.5, 0.6) is 11.5 Å². The van der Waals surface area contributed by atoms with Crippen molar-refractivity contribution in [3.8, 4) is 17.6 Å². The summed E-state index contributed by atoms with van der Waals surface area (Å²) in [6, 6.07) is 18.8. The van der Waals surface area contributed by atoms with Gasteiger partial charge in [-0.25, -0.2) is 0 Å². The van der Waals surface area contributed by atoms with Gasteiger partial charge in [0.05, 0.1) is 6.07 Å². The fraction of sp³-hybridized carbons (Fsp3) is 0.118. The first kappa shape index (κ1) is 13.9. The van der Waals surface area contributed by atoms with E-state index < -0.39 is 6.10 Å². The van der Waals surface area contributed by atoms with Gasteiger partial charge in [-0.2, -0.15) is 5.26 Å². The molecule has 1 unspecified atom stereocenters. The Hall–Kier alpha value is -2.57. The quantitative estimate of drug-likeness (QED) is 0.856. The molecule has 0 amide bonds. The molecule has 3 nitrogen and oxygen atoms in total. The van der Waals surface area contributed by atoms with E-state index in [4.69, 9.17) is 10.00 Å². The van der Waals surface area contributed by atoms with Crippen LogP contribution in [-0.4, -0.2) is 11.2 Å². The second kappa shape index (κ2) is 6.55. The first-order valence-electron chi connectivity index (χ1n) is 6.28. The molecule has 0 heterocycles. The fourth-order valence-electron chi connectivity index (χ4n) is 1.74. The van der Waals surface area contributed by atoms with E-state index in [1.165, 1.54) is 0 Å². The molecular formula is C17H15NO2. The molecule has 1 atom stereocenters. The highest BCUT2D eigenvalue weighted by Gasteiger charge is 2.04. The van der Waals surface area contributed by atoms with Crippen LogP contribution in [0.15, 0.2) is 60.2 Å². The maximum absolute atomic E-state index is 9.43. The van der Waals surface area contributed by atoms with Crippen molar-refractivity contribution in [2.75, 3.05) is 0 Å². The summed E-state index contributed by atoms with van der Waals surface area (Å²) < 4.78 is 5.73. The van der Waals surface area contributed by atoms with E-state index in [9.17, 15) is 5.11 Å². The number of para-hydroxylation sites is 1. The van der Waals surface area contributed by atoms with E-state index >= 15 is 0 Å². The van der Waals surface area contributed by atoms with Gasteiger partial charge in [-0.3, -0.25) is 0 Å². The van der Waals surface area contributed by atoms with Gasteiger partial charge in [0.15, 0.2) is 6.10 Å². The molecule has 0 aromatic heterocycles. The van der Waals surface area contributed by atoms with Gasteiger partial charge in [-0.15, -0.1) is 0 Å². The minimum Gasteiger partial charge on any atom is -0.457 e. The van der Waals surface area contributed by atoms with Crippen molar-refractivity contribution in [2.45, 2.75) is 13.0 Å². The molecule has 100 valence electrons. The Balaban J connectivity index is 2.19. The lowest BCUT2D eigenvalue weighted by Gasteiger charge is -2.07. The predicted molar refractivity (Wildman–Crippen MR) is 78.2 cm³/mol. The Kier molecular flexibility index (Phi) is 4.54. The lowest BCUT2D eigenvalue weighted by Crippen LogP contribution is -2.03. The van der Waals surface area contributed by atoms with Crippen molar-refractivity contribution >= 4 is 6.08 Å². The lowest BCUT2D eigenvalue weighted by molar-refractivity contribution is 0.267. The van der Waals surface area contributed by atoms with Gasteiger partial charge in [-0.1, -0.05) is 36.4 Å². The van der Waals surface area contributed by atoms with Gasteiger partial charge in [0.1, 0.15) is 11.5 Å². The lowest BCUT2D eigenvalue weighted by atomic mass is 10.1. The zero-order chi connectivity index (χ0) is 14.4. The molecule has 3 heteroatoms. The molecule has 1 N–H and O–H groups in total. The first-order chi connectivity index (χ1) is 9.69. The zero-order valence-corrected chi connectivity index (χ0v) is 11.2. The van der Waals surface area contributed by atoms with Crippen LogP contribution in [0.1, 0.15) is 12.5 Å². The minimum absolute atomic E-state index is 0.601. The third-order valence-corrected chi connectivity index (χ3v) is 2.78. The summed E-state index contributed by atoms with van der Waals surface area (Å²) in [4.78, 5) is 0. The van der Waals surface area contributed by atoms with Crippen molar-refractivity contribution in [1.82, 2.24) is 0 Å². The predicted octanol–water partition coefficient (Wildman–Crippen LogP) is 3.77. The number of hydrogen-bond acceptors (Lipinski definition) is 3. The number of ether oxygens (including phenoxy) is 1. The Morgan fingerprint density at radius 1 is 1.15 bits per heavy atom. The highest BCUT2D eigenvalue weighted by atomic mass is 16.5. The number of aliphatic hydroxyl groups excluding tert-OH is 1. The zero-order valence-electron chi connectivity index (χ0n) is 11.2. The van der Waals surface area contributed by atoms with Gasteiger partial charge in [0.25, 0.3) is 0 Å². The number of aliphatic hydroxyl groups is 1. The summed E-state index contributed by atoms with van der Waals surface area (Å²) in [7, 11) is 0. The molecule has 0 saturated heterocycles. The summed E-state index contributed by atoms with van der Waals surface area (Å²) in [5, 5.41) is 18.1. The van der Waals surface area contributed by atoms with E-state index in [0.717, 1.165) is 11.3 Å². The number of hydrogen-bond donors (Lipinski definition) is 1. The molecular weight excluding hydrogens is 250 g/mol. The molecule has 0 bridgehead atoms. The summed E-state index contributed by atoms with van der Waals surface area (Å²) in [6.45, 7) is 1.72. The largest absolute Gasteiger partial charge is 0.457 e. The normalized spacial score (nSPS) is 12.6. The van der Waals surface area contributed by atoms with E-state index in [1.54, 1.807) is 19.1 Å². The van der Waals surface area contributed by atoms with Crippen LogP contribution in [0.4, 0.5) is 0 Å². The second-order valence-electron chi connectivity index (χ2n) is 4.41. The maximum atomic E-state index is 9.43. The maximum Gasteiger partial charge on any atom is 0.161 e. The number of rotatable bonds is 4. The summed E-state index contributed by atoms with van der Waals surface area (Å²) in [5.41, 5.74) is 1.48. The number of nitrogens with zero attached hydrogens (tertiary/aromatic N) is 1. The Bertz CT molecular complexity index is 642. The summed E-state index contributed by atoms with van der Waals surface area (Å²) in [5.74, 6) is 1.48. The first-order valence-corrected chi connectivity index (χ1v) is 6.28.